The van der Waals surface area contributed by atoms with Gasteiger partial charge in [-0.3, -0.25) is 10.1 Å². The number of anilines is 1. The minimum atomic E-state index is -0.676. The summed E-state index contributed by atoms with van der Waals surface area (Å²) in [6.45, 7) is 3.97. The zero-order valence-electron chi connectivity index (χ0n) is 14.2. The van der Waals surface area contributed by atoms with Gasteiger partial charge in [-0.2, -0.15) is 5.10 Å². The molecule has 0 saturated carbocycles. The number of nitro benzene ring substituents is 1. The average molecular weight is 355 g/mol. The summed E-state index contributed by atoms with van der Waals surface area (Å²) in [4.78, 5) is 17.8. The van der Waals surface area contributed by atoms with Crippen molar-refractivity contribution in [2.24, 2.45) is 5.10 Å². The van der Waals surface area contributed by atoms with Crippen LogP contribution in [0.2, 0.25) is 0 Å². The quantitative estimate of drug-likeness (QED) is 0.354. The molecule has 0 bridgehead atoms. The molecule has 0 fully saturated rings. The van der Waals surface area contributed by atoms with Crippen LogP contribution in [0, 0.1) is 17.0 Å². The number of nitrogens with one attached hydrogen (secondary N) is 2. The number of fused-ring (bicyclic) bond motifs is 1. The van der Waals surface area contributed by atoms with Crippen molar-refractivity contribution in [2.45, 2.75) is 13.8 Å². The molecule has 1 aromatic heterocycles. The molecule has 0 aliphatic heterocycles. The lowest BCUT2D eigenvalue weighted by Gasteiger charge is -2.07. The second-order valence-electron chi connectivity index (χ2n) is 5.55. The molecule has 0 radical (unpaired) electrons. The maximum absolute atomic E-state index is 11.1. The molecule has 0 aliphatic carbocycles. The number of benzene rings is 2. The first-order chi connectivity index (χ1) is 12.5. The smallest absolute Gasteiger partial charge is 0.315 e. The van der Waals surface area contributed by atoms with Gasteiger partial charge in [0.05, 0.1) is 28.8 Å². The van der Waals surface area contributed by atoms with E-state index in [1.54, 1.807) is 6.92 Å². The van der Waals surface area contributed by atoms with Gasteiger partial charge < -0.3 is 14.8 Å². The molecule has 9 nitrogen and oxygen atoms in total. The highest BCUT2D eigenvalue weighted by molar-refractivity contribution is 5.84. The number of aromatic amines is 1. The Hall–Kier alpha value is -3.62. The van der Waals surface area contributed by atoms with Crippen LogP contribution in [0.5, 0.6) is 11.5 Å². The predicted octanol–water partition coefficient (Wildman–Crippen LogP) is 3.33. The van der Waals surface area contributed by atoms with Crippen LogP contribution in [0.4, 0.5) is 11.6 Å². The van der Waals surface area contributed by atoms with Crippen LogP contribution in [-0.2, 0) is 0 Å². The number of hydrogen-bond donors (Lipinski definition) is 3. The number of nitrogens with zero attached hydrogens (tertiary/aromatic N) is 3. The zero-order chi connectivity index (χ0) is 18.7. The third-order valence-corrected chi connectivity index (χ3v) is 3.60. The maximum Gasteiger partial charge on any atom is 0.315 e. The zero-order valence-corrected chi connectivity index (χ0v) is 14.2. The molecule has 9 heteroatoms. The lowest BCUT2D eigenvalue weighted by molar-refractivity contribution is -0.386. The molecule has 0 amide bonds. The van der Waals surface area contributed by atoms with Gasteiger partial charge >= 0.3 is 5.69 Å². The molecular weight excluding hydrogens is 338 g/mol. The van der Waals surface area contributed by atoms with Crippen molar-refractivity contribution in [1.29, 1.82) is 0 Å². The van der Waals surface area contributed by atoms with Crippen molar-refractivity contribution in [3.8, 4) is 11.5 Å². The second-order valence-corrected chi connectivity index (χ2v) is 5.55. The van der Waals surface area contributed by atoms with Crippen molar-refractivity contribution < 1.29 is 14.8 Å². The normalized spacial score (nSPS) is 11.2. The molecule has 3 N–H and O–H groups in total. The van der Waals surface area contributed by atoms with Crippen LogP contribution < -0.4 is 10.2 Å². The highest BCUT2D eigenvalue weighted by Gasteiger charge is 2.19. The second kappa shape index (κ2) is 7.09. The summed E-state index contributed by atoms with van der Waals surface area (Å²) in [7, 11) is 0. The van der Waals surface area contributed by atoms with Gasteiger partial charge in [-0.1, -0.05) is 6.07 Å². The number of aryl methyl sites for hydroxylation is 1. The molecule has 3 rings (SSSR count). The van der Waals surface area contributed by atoms with Crippen molar-refractivity contribution in [2.75, 3.05) is 12.0 Å². The number of ether oxygens (including phenoxy) is 1. The number of aromatic nitrogens is 2. The Kier molecular flexibility index (Phi) is 4.70. The van der Waals surface area contributed by atoms with E-state index in [4.69, 9.17) is 4.74 Å². The third-order valence-electron chi connectivity index (χ3n) is 3.60. The Morgan fingerprint density at radius 1 is 1.42 bits per heavy atom. The van der Waals surface area contributed by atoms with Crippen molar-refractivity contribution in [1.82, 2.24) is 9.97 Å². The SMILES string of the molecule is CCOc1cc(/C=N\Nc2nc3ccc(C)cc3[nH]2)cc([N+](=O)[O-])c1O. The summed E-state index contributed by atoms with van der Waals surface area (Å²) in [6, 6.07) is 8.51. The highest BCUT2D eigenvalue weighted by Crippen LogP contribution is 2.36. The Morgan fingerprint density at radius 3 is 2.96 bits per heavy atom. The van der Waals surface area contributed by atoms with Crippen LogP contribution in [0.15, 0.2) is 35.4 Å². The van der Waals surface area contributed by atoms with Gasteiger partial charge in [0.2, 0.25) is 11.7 Å². The number of hydrogen-bond acceptors (Lipinski definition) is 7. The van der Waals surface area contributed by atoms with E-state index in [-0.39, 0.29) is 12.4 Å². The molecule has 0 unspecified atom stereocenters. The van der Waals surface area contributed by atoms with Crippen LogP contribution in [0.25, 0.3) is 11.0 Å². The van der Waals surface area contributed by atoms with Gasteiger partial charge in [0, 0.05) is 11.6 Å². The summed E-state index contributed by atoms with van der Waals surface area (Å²) in [5.41, 5.74) is 5.48. The van der Waals surface area contributed by atoms with Crippen LogP contribution >= 0.6 is 0 Å². The van der Waals surface area contributed by atoms with Crippen LogP contribution in [0.1, 0.15) is 18.1 Å². The van der Waals surface area contributed by atoms with Gasteiger partial charge in [-0.25, -0.2) is 10.4 Å². The molecule has 3 aromatic rings. The minimum absolute atomic E-state index is 0.0300. The Balaban J connectivity index is 1.83. The highest BCUT2D eigenvalue weighted by atomic mass is 16.6. The first-order valence-electron chi connectivity index (χ1n) is 7.87. The minimum Gasteiger partial charge on any atom is -0.500 e. The third kappa shape index (κ3) is 3.56. The Labute approximate surface area is 148 Å². The number of imidazole rings is 1. The summed E-state index contributed by atoms with van der Waals surface area (Å²) >= 11 is 0. The monoisotopic (exact) mass is 355 g/mol. The number of phenols is 1. The van der Waals surface area contributed by atoms with Crippen LogP contribution in [-0.4, -0.2) is 32.8 Å². The summed E-state index contributed by atoms with van der Waals surface area (Å²) in [5, 5.41) is 25.0. The van der Waals surface area contributed by atoms with E-state index in [1.807, 2.05) is 25.1 Å². The number of nitro groups is 1. The molecule has 0 aliphatic rings. The molecule has 0 saturated heterocycles. The molecular formula is C17H17N5O4. The van der Waals surface area contributed by atoms with E-state index in [1.165, 1.54) is 18.3 Å². The number of H-pyrrole nitrogens is 1. The van der Waals surface area contributed by atoms with E-state index in [9.17, 15) is 15.2 Å². The van der Waals surface area contributed by atoms with Crippen molar-refractivity contribution in [3.05, 3.63) is 51.6 Å². The largest absolute Gasteiger partial charge is 0.500 e. The molecule has 1 heterocycles. The maximum atomic E-state index is 11.1. The van der Waals surface area contributed by atoms with Gasteiger partial charge in [0.15, 0.2) is 5.75 Å². The summed E-state index contributed by atoms with van der Waals surface area (Å²) in [6.07, 6.45) is 1.38. The van der Waals surface area contributed by atoms with Gasteiger partial charge in [0.1, 0.15) is 0 Å². The molecule has 2 aromatic carbocycles. The van der Waals surface area contributed by atoms with Crippen molar-refractivity contribution in [3.63, 3.8) is 0 Å². The predicted molar refractivity (Wildman–Crippen MR) is 98.0 cm³/mol. The van der Waals surface area contributed by atoms with Gasteiger partial charge in [0.25, 0.3) is 0 Å². The molecule has 134 valence electrons. The molecule has 26 heavy (non-hydrogen) atoms. The summed E-state index contributed by atoms with van der Waals surface area (Å²) in [5.74, 6) is -0.0304. The average Bonchev–Trinajstić information content (AvgIpc) is 2.99. The number of aromatic hydroxyl groups is 1. The van der Waals surface area contributed by atoms with Gasteiger partial charge in [-0.05, 0) is 37.6 Å². The van der Waals surface area contributed by atoms with E-state index >= 15 is 0 Å². The van der Waals surface area contributed by atoms with E-state index in [0.717, 1.165) is 16.6 Å². The lowest BCUT2D eigenvalue weighted by atomic mass is 10.2. The standard InChI is InChI=1S/C17H17N5O4/c1-3-26-15-8-11(7-14(16(15)23)22(24)25)9-18-21-17-19-12-5-4-10(2)6-13(12)20-17/h4-9,23H,3H2,1-2H3,(H2,19,20,21)/b18-9-. The fourth-order valence-electron chi connectivity index (χ4n) is 2.44. The van der Waals surface area contributed by atoms with E-state index < -0.39 is 16.4 Å². The fourth-order valence-corrected chi connectivity index (χ4v) is 2.44. The molecule has 0 spiro atoms. The number of rotatable bonds is 6. The van der Waals surface area contributed by atoms with Crippen molar-refractivity contribution >= 4 is 28.9 Å². The Bertz CT molecular complexity index is 996. The van der Waals surface area contributed by atoms with E-state index in [2.05, 4.69) is 20.5 Å². The first kappa shape index (κ1) is 17.2. The summed E-state index contributed by atoms with van der Waals surface area (Å²) < 4.78 is 5.23. The number of phenolic OH excluding ortho intramolecular Hbond substituents is 1. The molecule has 0 atom stereocenters. The Morgan fingerprint density at radius 2 is 2.23 bits per heavy atom. The van der Waals surface area contributed by atoms with Crippen LogP contribution in [0.3, 0.4) is 0 Å². The van der Waals surface area contributed by atoms with E-state index in [0.29, 0.717) is 11.5 Å². The fraction of sp³-hybridized carbons (Fsp3) is 0.176. The first-order valence-corrected chi connectivity index (χ1v) is 7.87. The lowest BCUT2D eigenvalue weighted by Crippen LogP contribution is -1.98. The van der Waals surface area contributed by atoms with Gasteiger partial charge in [-0.15, -0.1) is 0 Å². The number of hydrazone groups is 1. The topological polar surface area (TPSA) is 126 Å².